The van der Waals surface area contributed by atoms with Crippen molar-refractivity contribution in [2.75, 3.05) is 0 Å². The lowest BCUT2D eigenvalue weighted by Gasteiger charge is -2.17. The van der Waals surface area contributed by atoms with Gasteiger partial charge in [0.15, 0.2) is 0 Å². The summed E-state index contributed by atoms with van der Waals surface area (Å²) < 4.78 is 0. The minimum atomic E-state index is 0.264. The molecule has 5 aromatic rings. The van der Waals surface area contributed by atoms with Crippen molar-refractivity contribution in [1.29, 1.82) is 0 Å². The third-order valence-electron chi connectivity index (χ3n) is 7.89. The van der Waals surface area contributed by atoms with Gasteiger partial charge in [-0.3, -0.25) is 0 Å². The van der Waals surface area contributed by atoms with Crippen LogP contribution in [-0.4, -0.2) is 0 Å². The van der Waals surface area contributed by atoms with Crippen LogP contribution in [0.2, 0.25) is 0 Å². The first-order chi connectivity index (χ1) is 17.4. The Morgan fingerprint density at radius 1 is 0.429 bits per heavy atom. The van der Waals surface area contributed by atoms with Crippen LogP contribution in [0.4, 0.5) is 0 Å². The van der Waals surface area contributed by atoms with Crippen molar-refractivity contribution in [2.24, 2.45) is 0 Å². The minimum absolute atomic E-state index is 0.264. The third-order valence-corrected chi connectivity index (χ3v) is 7.89. The molecule has 0 saturated carbocycles. The van der Waals surface area contributed by atoms with Crippen LogP contribution in [-0.2, 0) is 0 Å². The van der Waals surface area contributed by atoms with Crippen molar-refractivity contribution in [1.82, 2.24) is 0 Å². The van der Waals surface area contributed by atoms with Gasteiger partial charge in [-0.2, -0.15) is 0 Å². The first-order valence-electron chi connectivity index (χ1n) is 12.3. The predicted octanol–water partition coefficient (Wildman–Crippen LogP) is 8.85. The van der Waals surface area contributed by atoms with E-state index in [-0.39, 0.29) is 5.92 Å². The van der Waals surface area contributed by atoms with Crippen LogP contribution in [0.25, 0.3) is 39.1 Å². The zero-order valence-corrected chi connectivity index (χ0v) is 19.2. The van der Waals surface area contributed by atoms with E-state index in [1.54, 1.807) is 0 Å². The number of rotatable bonds is 2. The zero-order valence-electron chi connectivity index (χ0n) is 19.2. The molecule has 5 aromatic carbocycles. The maximum absolute atomic E-state index is 2.39. The molecule has 0 N–H and O–H groups in total. The van der Waals surface area contributed by atoms with Crippen molar-refractivity contribution >= 4 is 39.1 Å². The fraction of sp³-hybridized carbons (Fsp3) is 0.0286. The number of allylic oxidation sites excluding steroid dienone is 4. The Morgan fingerprint density at radius 3 is 1.89 bits per heavy atom. The highest BCUT2D eigenvalue weighted by atomic mass is 14.4. The van der Waals surface area contributed by atoms with Crippen LogP contribution in [0.3, 0.4) is 0 Å². The molecule has 3 aliphatic carbocycles. The summed E-state index contributed by atoms with van der Waals surface area (Å²) >= 11 is 0. The van der Waals surface area contributed by atoms with E-state index < -0.39 is 0 Å². The van der Waals surface area contributed by atoms with E-state index in [1.807, 2.05) is 0 Å². The first-order valence-corrected chi connectivity index (χ1v) is 12.3. The topological polar surface area (TPSA) is 0 Å². The Bertz CT molecular complexity index is 1790. The largest absolute Gasteiger partial charge is 0.0720 e. The van der Waals surface area contributed by atoms with Gasteiger partial charge in [-0.15, -0.1) is 0 Å². The molecular weight excluding hydrogens is 420 g/mol. The molecule has 8 rings (SSSR count). The highest BCUT2D eigenvalue weighted by Crippen LogP contribution is 2.61. The smallest absolute Gasteiger partial charge is 0.0291 e. The van der Waals surface area contributed by atoms with Crippen LogP contribution in [0, 0.1) is 0 Å². The van der Waals surface area contributed by atoms with E-state index in [2.05, 4.69) is 127 Å². The Morgan fingerprint density at radius 2 is 1.03 bits per heavy atom. The monoisotopic (exact) mass is 442 g/mol. The molecule has 0 saturated heterocycles. The highest BCUT2D eigenvalue weighted by molar-refractivity contribution is 6.35. The quantitative estimate of drug-likeness (QED) is 0.256. The molecular formula is C35H22. The SMILES string of the molecule is C1=CC(C2=C3C(=C(c4cccc5ccccc45)c4ccccc43)c3ccccc32)c2ccccc21. The van der Waals surface area contributed by atoms with Crippen molar-refractivity contribution in [2.45, 2.75) is 5.92 Å². The fourth-order valence-corrected chi connectivity index (χ4v) is 6.48. The van der Waals surface area contributed by atoms with Crippen molar-refractivity contribution < 1.29 is 0 Å². The molecule has 0 bridgehead atoms. The van der Waals surface area contributed by atoms with Gasteiger partial charge in [-0.25, -0.2) is 0 Å². The van der Waals surface area contributed by atoms with Gasteiger partial charge in [0.25, 0.3) is 0 Å². The van der Waals surface area contributed by atoms with Gasteiger partial charge in [-0.05, 0) is 72.0 Å². The van der Waals surface area contributed by atoms with E-state index in [1.165, 1.54) is 72.0 Å². The lowest BCUT2D eigenvalue weighted by Crippen LogP contribution is -1.99. The Hall–Kier alpha value is -4.42. The highest BCUT2D eigenvalue weighted by Gasteiger charge is 2.40. The summed E-state index contributed by atoms with van der Waals surface area (Å²) in [6.45, 7) is 0. The molecule has 3 aliphatic rings. The summed E-state index contributed by atoms with van der Waals surface area (Å²) in [5.41, 5.74) is 15.1. The van der Waals surface area contributed by atoms with Gasteiger partial charge in [0.2, 0.25) is 0 Å². The van der Waals surface area contributed by atoms with E-state index in [0.29, 0.717) is 0 Å². The van der Waals surface area contributed by atoms with Gasteiger partial charge in [0, 0.05) is 5.92 Å². The standard InChI is InChI=1S/C35H22/c1-3-13-24-22(10-1)12-9-19-26(24)32-27-15-5-7-17-29(27)35-33(28-16-6-8-18-30(28)34(32)35)31-21-20-23-11-2-4-14-25(23)31/h1-21,31H. The Kier molecular flexibility index (Phi) is 3.81. The van der Waals surface area contributed by atoms with E-state index in [4.69, 9.17) is 0 Å². The van der Waals surface area contributed by atoms with Crippen LogP contribution in [0.1, 0.15) is 44.9 Å². The predicted molar refractivity (Wildman–Crippen MR) is 148 cm³/mol. The van der Waals surface area contributed by atoms with Gasteiger partial charge in [0.1, 0.15) is 0 Å². The Balaban J connectivity index is 1.51. The van der Waals surface area contributed by atoms with E-state index >= 15 is 0 Å². The Labute approximate surface area is 205 Å². The minimum Gasteiger partial charge on any atom is -0.0720 e. The lowest BCUT2D eigenvalue weighted by molar-refractivity contribution is 1.14. The van der Waals surface area contributed by atoms with Gasteiger partial charge in [0.05, 0.1) is 0 Å². The normalized spacial score (nSPS) is 17.1. The van der Waals surface area contributed by atoms with Gasteiger partial charge >= 0.3 is 0 Å². The van der Waals surface area contributed by atoms with Crippen LogP contribution < -0.4 is 0 Å². The van der Waals surface area contributed by atoms with Crippen molar-refractivity contribution in [3.05, 3.63) is 160 Å². The molecule has 0 heteroatoms. The number of benzene rings is 5. The third kappa shape index (κ3) is 2.52. The van der Waals surface area contributed by atoms with Crippen LogP contribution in [0.5, 0.6) is 0 Å². The average Bonchev–Trinajstić information content (AvgIpc) is 3.58. The van der Waals surface area contributed by atoms with Crippen molar-refractivity contribution in [3.8, 4) is 0 Å². The van der Waals surface area contributed by atoms with E-state index in [9.17, 15) is 0 Å². The maximum atomic E-state index is 2.39. The molecule has 1 atom stereocenters. The van der Waals surface area contributed by atoms with Crippen molar-refractivity contribution in [3.63, 3.8) is 0 Å². The molecule has 0 aliphatic heterocycles. The number of hydrogen-bond donors (Lipinski definition) is 0. The average molecular weight is 443 g/mol. The van der Waals surface area contributed by atoms with Gasteiger partial charge in [-0.1, -0.05) is 127 Å². The second kappa shape index (κ2) is 7.04. The fourth-order valence-electron chi connectivity index (χ4n) is 6.48. The molecule has 0 nitrogen and oxygen atoms in total. The first kappa shape index (κ1) is 18.9. The molecule has 35 heavy (non-hydrogen) atoms. The molecule has 0 amide bonds. The molecule has 1 unspecified atom stereocenters. The molecule has 162 valence electrons. The maximum Gasteiger partial charge on any atom is 0.0291 e. The second-order valence-electron chi connectivity index (χ2n) is 9.62. The molecule has 0 spiro atoms. The van der Waals surface area contributed by atoms with Crippen LogP contribution in [0.15, 0.2) is 121 Å². The number of fused-ring (bicyclic) bond motifs is 7. The molecule has 0 heterocycles. The molecule has 0 aromatic heterocycles. The van der Waals surface area contributed by atoms with Gasteiger partial charge < -0.3 is 0 Å². The lowest BCUT2D eigenvalue weighted by atomic mass is 9.86. The summed E-state index contributed by atoms with van der Waals surface area (Å²) in [5, 5.41) is 2.60. The van der Waals surface area contributed by atoms with Crippen LogP contribution >= 0.6 is 0 Å². The summed E-state index contributed by atoms with van der Waals surface area (Å²) in [5.74, 6) is 0.264. The van der Waals surface area contributed by atoms with E-state index in [0.717, 1.165) is 0 Å². The molecule has 0 fully saturated rings. The number of hydrogen-bond acceptors (Lipinski definition) is 0. The summed E-state index contributed by atoms with van der Waals surface area (Å²) in [6, 6.07) is 42.3. The summed E-state index contributed by atoms with van der Waals surface area (Å²) in [4.78, 5) is 0. The summed E-state index contributed by atoms with van der Waals surface area (Å²) in [7, 11) is 0. The second-order valence-corrected chi connectivity index (χ2v) is 9.62. The molecule has 0 radical (unpaired) electrons. The summed E-state index contributed by atoms with van der Waals surface area (Å²) in [6.07, 6.45) is 4.69. The zero-order chi connectivity index (χ0) is 22.9.